The molecule has 0 unspecified atom stereocenters. The molecule has 138 valence electrons. The molecule has 1 aromatic carbocycles. The van der Waals surface area contributed by atoms with E-state index in [4.69, 9.17) is 4.74 Å². The molecule has 26 heavy (non-hydrogen) atoms. The second-order valence-corrected chi connectivity index (χ2v) is 7.81. The van der Waals surface area contributed by atoms with Crippen LogP contribution in [0.1, 0.15) is 52.4 Å². The minimum absolute atomic E-state index is 0.0668. The number of hydrazone groups is 1. The number of benzene rings is 1. The molecule has 0 fully saturated rings. The van der Waals surface area contributed by atoms with Crippen molar-refractivity contribution < 1.29 is 14.6 Å². The van der Waals surface area contributed by atoms with Crippen molar-refractivity contribution in [3.05, 3.63) is 45.1 Å². The first kappa shape index (κ1) is 18.5. The first-order chi connectivity index (χ1) is 12.6. The third-order valence-electron chi connectivity index (χ3n) is 4.40. The zero-order chi connectivity index (χ0) is 18.5. The summed E-state index contributed by atoms with van der Waals surface area (Å²) in [5.74, 6) is 1.15. The Hall–Kier alpha value is -2.34. The van der Waals surface area contributed by atoms with Gasteiger partial charge in [-0.25, -0.2) is 5.43 Å². The van der Waals surface area contributed by atoms with E-state index in [1.54, 1.807) is 29.5 Å². The molecule has 1 heterocycles. The predicted molar refractivity (Wildman–Crippen MR) is 104 cm³/mol. The lowest BCUT2D eigenvalue weighted by Gasteiger charge is -2.16. The van der Waals surface area contributed by atoms with Crippen LogP contribution in [0.3, 0.4) is 0 Å². The number of carbonyl (C=O) groups excluding carboxylic acids is 1. The molecule has 1 aromatic heterocycles. The molecule has 1 aliphatic rings. The number of amides is 1. The average Bonchev–Trinajstić information content (AvgIpc) is 3.04. The van der Waals surface area contributed by atoms with Gasteiger partial charge in [0.2, 0.25) is 0 Å². The Morgan fingerprint density at radius 1 is 1.46 bits per heavy atom. The van der Waals surface area contributed by atoms with Crippen LogP contribution in [0, 0.1) is 5.92 Å². The Labute approximate surface area is 157 Å². The highest BCUT2D eigenvalue weighted by atomic mass is 32.1. The lowest BCUT2D eigenvalue weighted by atomic mass is 9.90. The van der Waals surface area contributed by atoms with E-state index in [0.717, 1.165) is 19.3 Å². The molecule has 0 saturated carbocycles. The molecule has 1 amide bonds. The van der Waals surface area contributed by atoms with Crippen molar-refractivity contribution in [3.8, 4) is 11.5 Å². The highest BCUT2D eigenvalue weighted by molar-refractivity contribution is 7.14. The fourth-order valence-corrected chi connectivity index (χ4v) is 4.07. The second kappa shape index (κ2) is 8.36. The molecular formula is C20H24N2O3S. The summed E-state index contributed by atoms with van der Waals surface area (Å²) in [7, 11) is 0. The Kier molecular flexibility index (Phi) is 5.93. The monoisotopic (exact) mass is 372 g/mol. The minimum atomic E-state index is -0.212. The van der Waals surface area contributed by atoms with Crippen LogP contribution in [0.15, 0.2) is 29.4 Å². The Morgan fingerprint density at radius 3 is 3.08 bits per heavy atom. The summed E-state index contributed by atoms with van der Waals surface area (Å²) in [6.45, 7) is 4.87. The summed E-state index contributed by atoms with van der Waals surface area (Å²) in [6, 6.07) is 7.01. The van der Waals surface area contributed by atoms with E-state index >= 15 is 0 Å². The maximum atomic E-state index is 12.3. The van der Waals surface area contributed by atoms with Crippen molar-refractivity contribution in [2.45, 2.75) is 39.5 Å². The molecule has 6 heteroatoms. The minimum Gasteiger partial charge on any atom is -0.507 e. The van der Waals surface area contributed by atoms with Crippen molar-refractivity contribution in [2.24, 2.45) is 11.0 Å². The van der Waals surface area contributed by atoms with Gasteiger partial charge in [0.15, 0.2) is 0 Å². The molecule has 3 rings (SSSR count). The van der Waals surface area contributed by atoms with Crippen LogP contribution < -0.4 is 10.2 Å². The molecule has 1 aliphatic carbocycles. The normalized spacial score (nSPS) is 16.5. The van der Waals surface area contributed by atoms with Crippen LogP contribution in [-0.2, 0) is 12.8 Å². The SMILES string of the molecule is CCCOc1ccc(/C=N/NC(=O)c2cc3c(s2)CC[C@H](C)C3)c(O)c1. The standard InChI is InChI=1S/C20H24N2O3S/c1-3-8-25-16-6-5-14(17(23)11-16)12-21-22-20(24)19-10-15-9-13(2)4-7-18(15)26-19/h5-6,10-13,23H,3-4,7-9H2,1-2H3,(H,22,24)/b21-12+/t13-/m0/s1. The smallest absolute Gasteiger partial charge is 0.281 e. The number of nitrogens with one attached hydrogen (secondary N) is 1. The van der Waals surface area contributed by atoms with Crippen molar-refractivity contribution in [3.63, 3.8) is 0 Å². The summed E-state index contributed by atoms with van der Waals surface area (Å²) >= 11 is 1.55. The largest absolute Gasteiger partial charge is 0.507 e. The first-order valence-corrected chi connectivity index (χ1v) is 9.79. The fourth-order valence-electron chi connectivity index (χ4n) is 2.98. The van der Waals surface area contributed by atoms with Crippen molar-refractivity contribution in [2.75, 3.05) is 6.61 Å². The number of nitrogens with zero attached hydrogens (tertiary/aromatic N) is 1. The lowest BCUT2D eigenvalue weighted by Crippen LogP contribution is -2.16. The summed E-state index contributed by atoms with van der Waals surface area (Å²) < 4.78 is 5.47. The van der Waals surface area contributed by atoms with E-state index in [1.807, 2.05) is 13.0 Å². The second-order valence-electron chi connectivity index (χ2n) is 6.68. The third kappa shape index (κ3) is 4.43. The number of hydrogen-bond donors (Lipinski definition) is 2. The summed E-state index contributed by atoms with van der Waals surface area (Å²) in [4.78, 5) is 14.3. The number of rotatable bonds is 6. The molecule has 5 nitrogen and oxygen atoms in total. The van der Waals surface area contributed by atoms with Gasteiger partial charge in [-0.05, 0) is 55.4 Å². The zero-order valence-corrected chi connectivity index (χ0v) is 15.9. The maximum Gasteiger partial charge on any atom is 0.281 e. The predicted octanol–water partition coefficient (Wildman–Crippen LogP) is 4.13. The molecule has 0 spiro atoms. The van der Waals surface area contributed by atoms with Gasteiger partial charge in [-0.2, -0.15) is 5.10 Å². The highest BCUT2D eigenvalue weighted by Gasteiger charge is 2.20. The van der Waals surface area contributed by atoms with E-state index in [-0.39, 0.29) is 11.7 Å². The highest BCUT2D eigenvalue weighted by Crippen LogP contribution is 2.32. The number of phenolic OH excluding ortho intramolecular Hbond substituents is 1. The zero-order valence-electron chi connectivity index (χ0n) is 15.1. The molecule has 1 atom stereocenters. The molecule has 2 aromatic rings. The van der Waals surface area contributed by atoms with E-state index < -0.39 is 0 Å². The van der Waals surface area contributed by atoms with E-state index in [1.165, 1.54) is 23.1 Å². The number of ether oxygens (including phenoxy) is 1. The van der Waals surface area contributed by atoms with Gasteiger partial charge in [0.25, 0.3) is 5.91 Å². The Balaban J connectivity index is 1.61. The topological polar surface area (TPSA) is 70.9 Å². The van der Waals surface area contributed by atoms with Crippen LogP contribution in [-0.4, -0.2) is 23.8 Å². The first-order valence-electron chi connectivity index (χ1n) is 8.97. The molecular weight excluding hydrogens is 348 g/mol. The van der Waals surface area contributed by atoms with Crippen molar-refractivity contribution >= 4 is 23.5 Å². The number of aromatic hydroxyl groups is 1. The summed E-state index contributed by atoms with van der Waals surface area (Å²) in [6.07, 6.45) is 5.62. The van der Waals surface area contributed by atoms with E-state index in [2.05, 4.69) is 17.5 Å². The third-order valence-corrected chi connectivity index (χ3v) is 5.63. The molecule has 0 bridgehead atoms. The lowest BCUT2D eigenvalue weighted by molar-refractivity contribution is 0.0959. The van der Waals surface area contributed by atoms with Gasteiger partial charge < -0.3 is 9.84 Å². The quantitative estimate of drug-likeness (QED) is 0.592. The molecule has 0 aliphatic heterocycles. The van der Waals surface area contributed by atoms with Gasteiger partial charge in [0.1, 0.15) is 11.5 Å². The van der Waals surface area contributed by atoms with Crippen LogP contribution in [0.2, 0.25) is 0 Å². The van der Waals surface area contributed by atoms with Crippen LogP contribution in [0.4, 0.5) is 0 Å². The van der Waals surface area contributed by atoms with Crippen LogP contribution >= 0.6 is 11.3 Å². The van der Waals surface area contributed by atoms with Crippen molar-refractivity contribution in [1.82, 2.24) is 5.43 Å². The van der Waals surface area contributed by atoms with Gasteiger partial charge in [-0.3, -0.25) is 4.79 Å². The van der Waals surface area contributed by atoms with Gasteiger partial charge >= 0.3 is 0 Å². The number of carbonyl (C=O) groups is 1. The summed E-state index contributed by atoms with van der Waals surface area (Å²) in [5.41, 5.74) is 4.36. The van der Waals surface area contributed by atoms with Crippen LogP contribution in [0.25, 0.3) is 0 Å². The van der Waals surface area contributed by atoms with E-state index in [9.17, 15) is 9.90 Å². The van der Waals surface area contributed by atoms with Gasteiger partial charge in [0.05, 0.1) is 17.7 Å². The van der Waals surface area contributed by atoms with E-state index in [0.29, 0.717) is 28.7 Å². The fraction of sp³-hybridized carbons (Fsp3) is 0.400. The average molecular weight is 372 g/mol. The van der Waals surface area contributed by atoms with Gasteiger partial charge in [-0.15, -0.1) is 11.3 Å². The molecule has 2 N–H and O–H groups in total. The Bertz CT molecular complexity index is 813. The molecule has 0 radical (unpaired) electrons. The number of phenols is 1. The maximum absolute atomic E-state index is 12.3. The van der Waals surface area contributed by atoms with Crippen LogP contribution in [0.5, 0.6) is 11.5 Å². The van der Waals surface area contributed by atoms with Gasteiger partial charge in [0, 0.05) is 16.5 Å². The number of aryl methyl sites for hydroxylation is 1. The number of hydrogen-bond acceptors (Lipinski definition) is 5. The number of thiophene rings is 1. The van der Waals surface area contributed by atoms with Crippen molar-refractivity contribution in [1.29, 1.82) is 0 Å². The molecule has 0 saturated heterocycles. The summed E-state index contributed by atoms with van der Waals surface area (Å²) in [5, 5.41) is 14.0. The van der Waals surface area contributed by atoms with Gasteiger partial charge in [-0.1, -0.05) is 13.8 Å². The number of fused-ring (bicyclic) bond motifs is 1. The Morgan fingerprint density at radius 2 is 2.31 bits per heavy atom.